The molecule has 0 saturated carbocycles. The molecule has 0 amide bonds. The van der Waals surface area contributed by atoms with E-state index in [1.54, 1.807) is 19.0 Å². The molecule has 16 heavy (non-hydrogen) atoms. The molecule has 86 valence electrons. The Morgan fingerprint density at radius 3 is 2.44 bits per heavy atom. The van der Waals surface area contributed by atoms with Crippen molar-refractivity contribution >= 4 is 11.4 Å². The molecule has 0 bridgehead atoms. The lowest BCUT2D eigenvalue weighted by atomic mass is 10.0. The molecular weight excluding hydrogens is 212 g/mol. The van der Waals surface area contributed by atoms with Crippen LogP contribution in [-0.4, -0.2) is 24.8 Å². The van der Waals surface area contributed by atoms with E-state index in [2.05, 4.69) is 0 Å². The fourth-order valence-corrected chi connectivity index (χ4v) is 1.32. The Balaban J connectivity index is 3.33. The molecule has 0 spiro atoms. The number of carbonyl (C=O) groups excluding carboxylic acids is 1. The van der Waals surface area contributed by atoms with Crippen molar-refractivity contribution < 1.29 is 13.6 Å². The zero-order valence-electron chi connectivity index (χ0n) is 9.42. The van der Waals surface area contributed by atoms with E-state index in [9.17, 15) is 13.6 Å². The Labute approximate surface area is 93.2 Å². The highest BCUT2D eigenvalue weighted by Gasteiger charge is 2.15. The van der Waals surface area contributed by atoms with Gasteiger partial charge in [-0.2, -0.15) is 0 Å². The lowest BCUT2D eigenvalue weighted by Crippen LogP contribution is -2.08. The quantitative estimate of drug-likeness (QED) is 0.736. The molecule has 0 aliphatic rings. The van der Waals surface area contributed by atoms with Crippen molar-refractivity contribution in [3.05, 3.63) is 41.6 Å². The molecule has 0 aromatic heterocycles. The van der Waals surface area contributed by atoms with Crippen molar-refractivity contribution in [2.24, 2.45) is 0 Å². The lowest BCUT2D eigenvalue weighted by Gasteiger charge is -2.10. The van der Waals surface area contributed by atoms with Crippen molar-refractivity contribution in [1.82, 2.24) is 4.90 Å². The van der Waals surface area contributed by atoms with E-state index in [4.69, 9.17) is 0 Å². The summed E-state index contributed by atoms with van der Waals surface area (Å²) in [5, 5.41) is 0. The second-order valence-corrected chi connectivity index (χ2v) is 3.66. The van der Waals surface area contributed by atoms with Crippen LogP contribution >= 0.6 is 0 Å². The molecule has 0 unspecified atom stereocenters. The van der Waals surface area contributed by atoms with Gasteiger partial charge in [0.1, 0.15) is 0 Å². The molecule has 0 heterocycles. The van der Waals surface area contributed by atoms with Gasteiger partial charge in [-0.15, -0.1) is 0 Å². The van der Waals surface area contributed by atoms with E-state index in [1.807, 2.05) is 0 Å². The van der Waals surface area contributed by atoms with Crippen LogP contribution in [0.15, 0.2) is 24.4 Å². The number of halogens is 2. The van der Waals surface area contributed by atoms with Crippen LogP contribution in [0, 0.1) is 11.6 Å². The second kappa shape index (κ2) is 4.88. The van der Waals surface area contributed by atoms with Gasteiger partial charge in [0.2, 0.25) is 0 Å². The summed E-state index contributed by atoms with van der Waals surface area (Å²) in [6.07, 6.45) is 1.47. The molecule has 1 rings (SSSR count). The molecule has 1 aromatic rings. The molecule has 1 aromatic carbocycles. The first kappa shape index (κ1) is 12.4. The predicted octanol–water partition coefficient (Wildman–Crippen LogP) is 2.46. The van der Waals surface area contributed by atoms with E-state index in [-0.39, 0.29) is 16.9 Å². The zero-order valence-corrected chi connectivity index (χ0v) is 9.42. The smallest absolute Gasteiger partial charge is 0.166 e. The van der Waals surface area contributed by atoms with Gasteiger partial charge in [-0.05, 0) is 13.0 Å². The van der Waals surface area contributed by atoms with Crippen LogP contribution in [-0.2, 0) is 4.79 Å². The number of hydrogen-bond donors (Lipinski definition) is 0. The molecule has 0 saturated heterocycles. The van der Waals surface area contributed by atoms with Gasteiger partial charge < -0.3 is 4.90 Å². The third-order valence-corrected chi connectivity index (χ3v) is 2.01. The third-order valence-electron chi connectivity index (χ3n) is 2.01. The fraction of sp³-hybridized carbons (Fsp3) is 0.250. The number of ketones is 1. The fourth-order valence-electron chi connectivity index (χ4n) is 1.32. The van der Waals surface area contributed by atoms with Crippen LogP contribution in [0.2, 0.25) is 0 Å². The maximum Gasteiger partial charge on any atom is 0.166 e. The van der Waals surface area contributed by atoms with Crippen LogP contribution in [0.4, 0.5) is 8.78 Å². The number of hydrogen-bond acceptors (Lipinski definition) is 2. The Morgan fingerprint density at radius 2 is 1.94 bits per heavy atom. The highest BCUT2D eigenvalue weighted by molar-refractivity contribution is 6.19. The van der Waals surface area contributed by atoms with Crippen molar-refractivity contribution in [3.8, 4) is 0 Å². The SMILES string of the molecule is CC(=O)/C(=C/N(C)C)c1cccc(F)c1F. The van der Waals surface area contributed by atoms with Gasteiger partial charge in [0.05, 0.1) is 0 Å². The molecule has 0 atom stereocenters. The maximum absolute atomic E-state index is 13.5. The molecule has 2 nitrogen and oxygen atoms in total. The summed E-state index contributed by atoms with van der Waals surface area (Å²) in [6, 6.07) is 3.78. The van der Waals surface area contributed by atoms with Gasteiger partial charge in [-0.3, -0.25) is 4.79 Å². The van der Waals surface area contributed by atoms with Crippen LogP contribution in [0.1, 0.15) is 12.5 Å². The topological polar surface area (TPSA) is 20.3 Å². The highest BCUT2D eigenvalue weighted by atomic mass is 19.2. The average Bonchev–Trinajstić information content (AvgIpc) is 2.18. The Hall–Kier alpha value is -1.71. The largest absolute Gasteiger partial charge is 0.383 e. The zero-order chi connectivity index (χ0) is 12.3. The summed E-state index contributed by atoms with van der Waals surface area (Å²) in [5.74, 6) is -2.26. The Bertz CT molecular complexity index is 439. The molecule has 0 aliphatic carbocycles. The van der Waals surface area contributed by atoms with Crippen LogP contribution in [0.25, 0.3) is 5.57 Å². The normalized spacial score (nSPS) is 11.4. The van der Waals surface area contributed by atoms with Gasteiger partial charge in [-0.25, -0.2) is 8.78 Å². The van der Waals surface area contributed by atoms with E-state index in [0.717, 1.165) is 6.07 Å². The summed E-state index contributed by atoms with van der Waals surface area (Å²) >= 11 is 0. The minimum Gasteiger partial charge on any atom is -0.383 e. The van der Waals surface area contributed by atoms with Crippen molar-refractivity contribution in [3.63, 3.8) is 0 Å². The Kier molecular flexibility index (Phi) is 3.77. The van der Waals surface area contributed by atoms with Gasteiger partial charge in [-0.1, -0.05) is 12.1 Å². The molecule has 0 fully saturated rings. The van der Waals surface area contributed by atoms with Crippen molar-refractivity contribution in [2.75, 3.05) is 14.1 Å². The summed E-state index contributed by atoms with van der Waals surface area (Å²) in [4.78, 5) is 13.0. The van der Waals surface area contributed by atoms with E-state index >= 15 is 0 Å². The lowest BCUT2D eigenvalue weighted by molar-refractivity contribution is -0.111. The minimum atomic E-state index is -0.995. The molecular formula is C12H13F2NO. The molecule has 4 heteroatoms. The number of carbonyl (C=O) groups is 1. The molecule has 0 radical (unpaired) electrons. The number of allylic oxidation sites excluding steroid dienone is 1. The van der Waals surface area contributed by atoms with E-state index in [1.165, 1.54) is 25.3 Å². The van der Waals surface area contributed by atoms with Crippen LogP contribution < -0.4 is 0 Å². The van der Waals surface area contributed by atoms with Gasteiger partial charge in [0.15, 0.2) is 17.4 Å². The number of benzene rings is 1. The summed E-state index contributed by atoms with van der Waals surface area (Å²) < 4.78 is 26.5. The molecule has 0 aliphatic heterocycles. The Morgan fingerprint density at radius 1 is 1.31 bits per heavy atom. The minimum absolute atomic E-state index is 0.0128. The second-order valence-electron chi connectivity index (χ2n) is 3.66. The standard InChI is InChI=1S/C12H13F2NO/c1-8(16)10(7-15(2)3)9-5-4-6-11(13)12(9)14/h4-7H,1-3H3/b10-7-. The summed E-state index contributed by atoms with van der Waals surface area (Å²) in [5.41, 5.74) is 0.142. The van der Waals surface area contributed by atoms with Gasteiger partial charge in [0, 0.05) is 31.4 Å². The number of rotatable bonds is 3. The van der Waals surface area contributed by atoms with Crippen LogP contribution in [0.5, 0.6) is 0 Å². The molecule has 0 N–H and O–H groups in total. The van der Waals surface area contributed by atoms with E-state index in [0.29, 0.717) is 0 Å². The maximum atomic E-state index is 13.5. The first-order chi connectivity index (χ1) is 7.43. The number of nitrogens with zero attached hydrogens (tertiary/aromatic N) is 1. The van der Waals surface area contributed by atoms with Crippen molar-refractivity contribution in [2.45, 2.75) is 6.92 Å². The first-order valence-electron chi connectivity index (χ1n) is 4.77. The highest BCUT2D eigenvalue weighted by Crippen LogP contribution is 2.21. The first-order valence-corrected chi connectivity index (χ1v) is 4.77. The van der Waals surface area contributed by atoms with E-state index < -0.39 is 11.6 Å². The third kappa shape index (κ3) is 2.66. The van der Waals surface area contributed by atoms with Crippen molar-refractivity contribution in [1.29, 1.82) is 0 Å². The number of Topliss-reactive ketones (excluding diaryl/α,β-unsaturated/α-hetero) is 1. The summed E-state index contributed by atoms with van der Waals surface area (Å²) in [6.45, 7) is 1.32. The predicted molar refractivity (Wildman–Crippen MR) is 58.7 cm³/mol. The van der Waals surface area contributed by atoms with Crippen LogP contribution in [0.3, 0.4) is 0 Å². The average molecular weight is 225 g/mol. The van der Waals surface area contributed by atoms with Gasteiger partial charge in [0.25, 0.3) is 0 Å². The summed E-state index contributed by atoms with van der Waals surface area (Å²) in [7, 11) is 3.42. The van der Waals surface area contributed by atoms with Gasteiger partial charge >= 0.3 is 0 Å². The monoisotopic (exact) mass is 225 g/mol.